The molecular formula is C13H9ClN2O. The summed E-state index contributed by atoms with van der Waals surface area (Å²) < 4.78 is 0. The first-order valence-corrected chi connectivity index (χ1v) is 5.54. The van der Waals surface area contributed by atoms with Crippen LogP contribution in [-0.4, -0.2) is 4.98 Å². The second-order valence-electron chi connectivity index (χ2n) is 3.92. The van der Waals surface area contributed by atoms with Gasteiger partial charge in [-0.05, 0) is 23.6 Å². The number of nitrogen functional groups attached to an aromatic ring is 1. The van der Waals surface area contributed by atoms with Crippen LogP contribution >= 0.6 is 11.6 Å². The Bertz CT molecular complexity index is 792. The molecule has 0 bridgehead atoms. The van der Waals surface area contributed by atoms with E-state index in [9.17, 15) is 4.79 Å². The van der Waals surface area contributed by atoms with Crippen molar-refractivity contribution >= 4 is 39.0 Å². The van der Waals surface area contributed by atoms with Crippen LogP contribution in [0.15, 0.2) is 41.2 Å². The maximum atomic E-state index is 11.9. The molecule has 0 radical (unpaired) electrons. The Hall–Kier alpha value is -2.00. The lowest BCUT2D eigenvalue weighted by Gasteiger charge is -2.06. The van der Waals surface area contributed by atoms with Gasteiger partial charge in [0, 0.05) is 16.5 Å². The van der Waals surface area contributed by atoms with Gasteiger partial charge < -0.3 is 10.7 Å². The van der Waals surface area contributed by atoms with Gasteiger partial charge in [0.2, 0.25) is 0 Å². The largest absolute Gasteiger partial charge is 0.399 e. The number of fused-ring (bicyclic) bond motifs is 3. The van der Waals surface area contributed by atoms with Crippen LogP contribution in [0.3, 0.4) is 0 Å². The number of nitrogens with two attached hydrogens (primary N) is 1. The van der Waals surface area contributed by atoms with Gasteiger partial charge in [0.25, 0.3) is 5.56 Å². The molecule has 0 aliphatic heterocycles. The van der Waals surface area contributed by atoms with Crippen molar-refractivity contribution in [3.8, 4) is 0 Å². The average Bonchev–Trinajstić information content (AvgIpc) is 2.28. The van der Waals surface area contributed by atoms with Crippen molar-refractivity contribution in [3.05, 3.63) is 51.8 Å². The summed E-state index contributed by atoms with van der Waals surface area (Å²) in [4.78, 5) is 14.7. The van der Waals surface area contributed by atoms with Crippen LogP contribution in [0.2, 0.25) is 5.02 Å². The van der Waals surface area contributed by atoms with Gasteiger partial charge >= 0.3 is 0 Å². The fourth-order valence-electron chi connectivity index (χ4n) is 2.09. The summed E-state index contributed by atoms with van der Waals surface area (Å²) in [7, 11) is 0. The van der Waals surface area contributed by atoms with Crippen LogP contribution in [0, 0.1) is 0 Å². The highest BCUT2D eigenvalue weighted by molar-refractivity contribution is 6.38. The Morgan fingerprint density at radius 3 is 2.59 bits per heavy atom. The van der Waals surface area contributed by atoms with Crippen molar-refractivity contribution in [1.82, 2.24) is 4.98 Å². The monoisotopic (exact) mass is 244 g/mol. The fourth-order valence-corrected chi connectivity index (χ4v) is 2.42. The molecular weight excluding hydrogens is 236 g/mol. The predicted molar refractivity (Wildman–Crippen MR) is 71.5 cm³/mol. The van der Waals surface area contributed by atoms with Crippen molar-refractivity contribution in [2.75, 3.05) is 5.73 Å². The van der Waals surface area contributed by atoms with Crippen molar-refractivity contribution in [2.24, 2.45) is 0 Å². The molecule has 1 aromatic heterocycles. The van der Waals surface area contributed by atoms with Crippen LogP contribution in [0.25, 0.3) is 21.7 Å². The number of aromatic nitrogens is 1. The van der Waals surface area contributed by atoms with Gasteiger partial charge in [-0.3, -0.25) is 4.79 Å². The lowest BCUT2D eigenvalue weighted by Crippen LogP contribution is -2.06. The Morgan fingerprint density at radius 2 is 1.82 bits per heavy atom. The van der Waals surface area contributed by atoms with Crippen molar-refractivity contribution in [1.29, 1.82) is 0 Å². The van der Waals surface area contributed by atoms with Gasteiger partial charge in [-0.1, -0.05) is 29.8 Å². The quantitative estimate of drug-likeness (QED) is 0.472. The number of benzene rings is 2. The predicted octanol–water partition coefficient (Wildman–Crippen LogP) is 2.92. The molecule has 3 nitrogen and oxygen atoms in total. The Morgan fingerprint density at radius 1 is 1.12 bits per heavy atom. The highest BCUT2D eigenvalue weighted by Crippen LogP contribution is 2.30. The zero-order valence-corrected chi connectivity index (χ0v) is 9.58. The van der Waals surface area contributed by atoms with Crippen LogP contribution in [-0.2, 0) is 0 Å². The van der Waals surface area contributed by atoms with E-state index in [0.717, 1.165) is 10.8 Å². The molecule has 0 aliphatic rings. The molecule has 0 spiro atoms. The molecule has 0 saturated carbocycles. The average molecular weight is 245 g/mol. The first kappa shape index (κ1) is 10.2. The number of hydrogen-bond acceptors (Lipinski definition) is 2. The van der Waals surface area contributed by atoms with E-state index in [2.05, 4.69) is 4.98 Å². The maximum Gasteiger partial charge on any atom is 0.256 e. The van der Waals surface area contributed by atoms with Gasteiger partial charge in [0.15, 0.2) is 0 Å². The molecule has 0 fully saturated rings. The molecule has 17 heavy (non-hydrogen) atoms. The number of rotatable bonds is 0. The van der Waals surface area contributed by atoms with E-state index in [-0.39, 0.29) is 5.56 Å². The van der Waals surface area contributed by atoms with Gasteiger partial charge in [-0.2, -0.15) is 0 Å². The second kappa shape index (κ2) is 3.50. The maximum absolute atomic E-state index is 11.9. The van der Waals surface area contributed by atoms with E-state index in [1.54, 1.807) is 18.2 Å². The molecule has 3 rings (SSSR count). The number of pyridine rings is 1. The van der Waals surface area contributed by atoms with E-state index in [1.165, 1.54) is 0 Å². The first-order chi connectivity index (χ1) is 8.16. The summed E-state index contributed by atoms with van der Waals surface area (Å²) in [5.41, 5.74) is 6.78. The van der Waals surface area contributed by atoms with E-state index in [4.69, 9.17) is 17.3 Å². The molecule has 0 aliphatic carbocycles. The summed E-state index contributed by atoms with van der Waals surface area (Å²) in [6, 6.07) is 10.8. The van der Waals surface area contributed by atoms with E-state index in [0.29, 0.717) is 21.6 Å². The molecule has 4 heteroatoms. The first-order valence-electron chi connectivity index (χ1n) is 5.16. The number of anilines is 1. The molecule has 0 atom stereocenters. The number of hydrogen-bond donors (Lipinski definition) is 2. The van der Waals surface area contributed by atoms with Gasteiger partial charge in [0.1, 0.15) is 0 Å². The molecule has 0 unspecified atom stereocenters. The number of nitrogens with one attached hydrogen (secondary N) is 1. The molecule has 2 aromatic carbocycles. The number of H-pyrrole nitrogens is 1. The lowest BCUT2D eigenvalue weighted by atomic mass is 10.1. The van der Waals surface area contributed by atoms with Crippen LogP contribution in [0.4, 0.5) is 5.69 Å². The third-order valence-electron chi connectivity index (χ3n) is 2.80. The Balaban J connectivity index is 2.69. The molecule has 0 amide bonds. The van der Waals surface area contributed by atoms with Crippen LogP contribution < -0.4 is 11.3 Å². The van der Waals surface area contributed by atoms with Crippen LogP contribution in [0.5, 0.6) is 0 Å². The third-order valence-corrected chi connectivity index (χ3v) is 3.10. The molecule has 3 aromatic rings. The standard InChI is InChI=1S/C13H9ClN2O/c14-10-5-7(15)6-11-12(10)8-3-1-2-4-9(8)13(17)16-11/h1-6H,15H2,(H,16,17). The topological polar surface area (TPSA) is 58.9 Å². The number of aromatic amines is 1. The zero-order valence-electron chi connectivity index (χ0n) is 8.83. The summed E-state index contributed by atoms with van der Waals surface area (Å²) in [5, 5.41) is 2.85. The van der Waals surface area contributed by atoms with Gasteiger partial charge in [-0.15, -0.1) is 0 Å². The van der Waals surface area contributed by atoms with Crippen molar-refractivity contribution < 1.29 is 0 Å². The van der Waals surface area contributed by atoms with E-state index >= 15 is 0 Å². The summed E-state index contributed by atoms with van der Waals surface area (Å²) >= 11 is 6.19. The Kier molecular flexibility index (Phi) is 2.09. The highest BCUT2D eigenvalue weighted by atomic mass is 35.5. The molecule has 0 saturated heterocycles. The number of halogens is 1. The van der Waals surface area contributed by atoms with Crippen molar-refractivity contribution in [2.45, 2.75) is 0 Å². The SMILES string of the molecule is Nc1cc(Cl)c2c(c1)[nH]c(=O)c1ccccc12. The fraction of sp³-hybridized carbons (Fsp3) is 0. The van der Waals surface area contributed by atoms with E-state index < -0.39 is 0 Å². The molecule has 84 valence electrons. The molecule has 3 N–H and O–H groups in total. The van der Waals surface area contributed by atoms with E-state index in [1.807, 2.05) is 18.2 Å². The summed E-state index contributed by atoms with van der Waals surface area (Å²) in [6.45, 7) is 0. The zero-order chi connectivity index (χ0) is 12.0. The minimum absolute atomic E-state index is 0.130. The minimum Gasteiger partial charge on any atom is -0.399 e. The smallest absolute Gasteiger partial charge is 0.256 e. The second-order valence-corrected chi connectivity index (χ2v) is 4.33. The van der Waals surface area contributed by atoms with Crippen molar-refractivity contribution in [3.63, 3.8) is 0 Å². The van der Waals surface area contributed by atoms with Gasteiger partial charge in [0.05, 0.1) is 10.5 Å². The molecule has 1 heterocycles. The van der Waals surface area contributed by atoms with Gasteiger partial charge in [-0.25, -0.2) is 0 Å². The third kappa shape index (κ3) is 1.47. The highest BCUT2D eigenvalue weighted by Gasteiger charge is 2.08. The van der Waals surface area contributed by atoms with Crippen LogP contribution in [0.1, 0.15) is 0 Å². The minimum atomic E-state index is -0.130. The lowest BCUT2D eigenvalue weighted by molar-refractivity contribution is 1.34. The normalized spacial score (nSPS) is 11.1. The summed E-state index contributed by atoms with van der Waals surface area (Å²) in [6.07, 6.45) is 0. The Labute approximate surface area is 102 Å². The summed E-state index contributed by atoms with van der Waals surface area (Å²) in [5.74, 6) is 0.